The van der Waals surface area contributed by atoms with E-state index in [0.29, 0.717) is 37.6 Å². The highest BCUT2D eigenvalue weighted by atomic mass is 35.5. The number of pyridine rings is 1. The minimum absolute atomic E-state index is 0. The van der Waals surface area contributed by atoms with E-state index in [2.05, 4.69) is 21.2 Å². The highest BCUT2D eigenvalue weighted by molar-refractivity contribution is 6.27. The standard InChI is InChI=1S/C29H34ClN5O4.ClH/c1-3-4-13-24-33-27-28(22-11-5-6-12-23(22)32-29(27)31)35(24)15-8-14-34(25(36)17-30)18-20-9-7-10-21(16-20)39-19-26(37)38-2;/h5-7,9-12,16H,3-4,8,13-15,17-19H2,1-2H3,(H2,31,32);1H. The number of aryl methyl sites for hydroxylation is 2. The normalized spacial score (nSPS) is 10.9. The molecular weight excluding hydrogens is 553 g/mol. The zero-order valence-corrected chi connectivity index (χ0v) is 24.3. The van der Waals surface area contributed by atoms with Gasteiger partial charge in [0.05, 0.1) is 18.1 Å². The second kappa shape index (κ2) is 14.7. The number of methoxy groups -OCH3 is 1. The van der Waals surface area contributed by atoms with E-state index in [0.717, 1.165) is 52.6 Å². The number of unbranched alkanes of at least 4 members (excludes halogenated alkanes) is 1. The summed E-state index contributed by atoms with van der Waals surface area (Å²) in [6, 6.07) is 15.2. The first-order valence-corrected chi connectivity index (χ1v) is 13.6. The summed E-state index contributed by atoms with van der Waals surface area (Å²) in [5.41, 5.74) is 9.73. The van der Waals surface area contributed by atoms with Crippen LogP contribution in [-0.4, -0.2) is 57.5 Å². The number of ether oxygens (including phenoxy) is 2. The van der Waals surface area contributed by atoms with Gasteiger partial charge in [0.2, 0.25) is 5.91 Å². The quantitative estimate of drug-likeness (QED) is 0.170. The average molecular weight is 589 g/mol. The Kier molecular flexibility index (Phi) is 11.4. The maximum absolute atomic E-state index is 12.7. The van der Waals surface area contributed by atoms with Gasteiger partial charge in [0.1, 0.15) is 23.0 Å². The van der Waals surface area contributed by atoms with E-state index in [-0.39, 0.29) is 30.8 Å². The third-order valence-corrected chi connectivity index (χ3v) is 6.80. The highest BCUT2D eigenvalue weighted by Crippen LogP contribution is 2.29. The molecule has 0 saturated carbocycles. The number of nitrogens with two attached hydrogens (primary N) is 1. The Balaban J connectivity index is 0.00000441. The lowest BCUT2D eigenvalue weighted by atomic mass is 10.1. The lowest BCUT2D eigenvalue weighted by Gasteiger charge is -2.23. The van der Waals surface area contributed by atoms with Crippen LogP contribution in [0, 0.1) is 0 Å². The number of rotatable bonds is 13. The highest BCUT2D eigenvalue weighted by Gasteiger charge is 2.18. The Morgan fingerprint density at radius 1 is 1.10 bits per heavy atom. The number of anilines is 1. The summed E-state index contributed by atoms with van der Waals surface area (Å²) in [5, 5.41) is 1.01. The van der Waals surface area contributed by atoms with Gasteiger partial charge in [0.15, 0.2) is 12.4 Å². The minimum atomic E-state index is -0.463. The zero-order chi connectivity index (χ0) is 27.8. The van der Waals surface area contributed by atoms with Crippen molar-refractivity contribution in [3.63, 3.8) is 0 Å². The van der Waals surface area contributed by atoms with Crippen LogP contribution in [0.15, 0.2) is 48.5 Å². The van der Waals surface area contributed by atoms with Gasteiger partial charge < -0.3 is 24.7 Å². The van der Waals surface area contributed by atoms with Crippen LogP contribution in [0.4, 0.5) is 5.82 Å². The third-order valence-electron chi connectivity index (χ3n) is 6.58. The molecule has 0 aliphatic rings. The number of aromatic nitrogens is 3. The van der Waals surface area contributed by atoms with E-state index in [1.54, 1.807) is 11.0 Å². The van der Waals surface area contributed by atoms with Crippen molar-refractivity contribution in [2.75, 3.05) is 31.9 Å². The fourth-order valence-electron chi connectivity index (χ4n) is 4.62. The van der Waals surface area contributed by atoms with Crippen LogP contribution in [0.3, 0.4) is 0 Å². The molecule has 1 amide bonds. The van der Waals surface area contributed by atoms with Gasteiger partial charge in [-0.1, -0.05) is 43.7 Å². The summed E-state index contributed by atoms with van der Waals surface area (Å²) >= 11 is 5.96. The maximum atomic E-state index is 12.7. The number of nitrogens with zero attached hydrogens (tertiary/aromatic N) is 4. The lowest BCUT2D eigenvalue weighted by molar-refractivity contribution is -0.142. The van der Waals surface area contributed by atoms with E-state index in [1.165, 1.54) is 7.11 Å². The van der Waals surface area contributed by atoms with Crippen molar-refractivity contribution in [2.24, 2.45) is 0 Å². The van der Waals surface area contributed by atoms with Gasteiger partial charge in [0, 0.05) is 31.4 Å². The molecule has 0 saturated heterocycles. The molecular formula is C29H35Cl2N5O4. The predicted octanol–water partition coefficient (Wildman–Crippen LogP) is 5.14. The number of amides is 1. The molecule has 2 aromatic carbocycles. The van der Waals surface area contributed by atoms with Gasteiger partial charge in [0.25, 0.3) is 0 Å². The minimum Gasteiger partial charge on any atom is -0.482 e. The van der Waals surface area contributed by atoms with Crippen LogP contribution in [0.5, 0.6) is 5.75 Å². The number of hydrogen-bond acceptors (Lipinski definition) is 7. The van der Waals surface area contributed by atoms with E-state index < -0.39 is 5.97 Å². The summed E-state index contributed by atoms with van der Waals surface area (Å²) in [4.78, 5) is 35.4. The zero-order valence-electron chi connectivity index (χ0n) is 22.8. The number of alkyl halides is 1. The largest absolute Gasteiger partial charge is 0.482 e. The first-order chi connectivity index (χ1) is 18.9. The monoisotopic (exact) mass is 587 g/mol. The van der Waals surface area contributed by atoms with Crippen molar-refractivity contribution in [1.29, 1.82) is 0 Å². The molecule has 0 atom stereocenters. The predicted molar refractivity (Wildman–Crippen MR) is 160 cm³/mol. The first kappa shape index (κ1) is 31.0. The molecule has 0 spiro atoms. The number of fused-ring (bicyclic) bond motifs is 3. The smallest absolute Gasteiger partial charge is 0.343 e. The van der Waals surface area contributed by atoms with Gasteiger partial charge in [-0.05, 0) is 36.6 Å². The number of esters is 1. The Bertz CT molecular complexity index is 1460. The molecule has 0 radical (unpaired) electrons. The van der Waals surface area contributed by atoms with Crippen molar-refractivity contribution in [2.45, 2.75) is 45.7 Å². The number of halogens is 2. The number of carbonyl (C=O) groups is 2. The summed E-state index contributed by atoms with van der Waals surface area (Å²) in [6.07, 6.45) is 3.60. The van der Waals surface area contributed by atoms with Gasteiger partial charge in [-0.25, -0.2) is 14.8 Å². The molecule has 0 unspecified atom stereocenters. The topological polar surface area (TPSA) is 113 Å². The van der Waals surface area contributed by atoms with Crippen LogP contribution < -0.4 is 10.5 Å². The third kappa shape index (κ3) is 7.34. The number of hydrogen-bond donors (Lipinski definition) is 1. The lowest BCUT2D eigenvalue weighted by Crippen LogP contribution is -2.33. The molecule has 214 valence electrons. The van der Waals surface area contributed by atoms with E-state index >= 15 is 0 Å². The molecule has 2 aromatic heterocycles. The van der Waals surface area contributed by atoms with E-state index in [1.807, 2.05) is 42.5 Å². The Labute approximate surface area is 245 Å². The number of nitrogen functional groups attached to an aromatic ring is 1. The fourth-order valence-corrected chi connectivity index (χ4v) is 4.79. The van der Waals surface area contributed by atoms with Crippen molar-refractivity contribution in [1.82, 2.24) is 19.4 Å². The Morgan fingerprint density at radius 3 is 2.65 bits per heavy atom. The molecule has 11 heteroatoms. The molecule has 0 bridgehead atoms. The van der Waals surface area contributed by atoms with Crippen LogP contribution in [0.2, 0.25) is 0 Å². The molecule has 2 heterocycles. The number of para-hydroxylation sites is 1. The number of imidazole rings is 1. The molecule has 40 heavy (non-hydrogen) atoms. The number of carbonyl (C=O) groups excluding carboxylic acids is 2. The van der Waals surface area contributed by atoms with Gasteiger partial charge in [-0.2, -0.15) is 0 Å². The van der Waals surface area contributed by atoms with Crippen molar-refractivity contribution in [3.05, 3.63) is 59.9 Å². The summed E-state index contributed by atoms with van der Waals surface area (Å²) in [7, 11) is 1.31. The van der Waals surface area contributed by atoms with Crippen LogP contribution >= 0.6 is 24.0 Å². The molecule has 0 aliphatic heterocycles. The molecule has 2 N–H and O–H groups in total. The summed E-state index contributed by atoms with van der Waals surface area (Å²) in [5.74, 6) is 1.20. The molecule has 4 rings (SSSR count). The maximum Gasteiger partial charge on any atom is 0.343 e. The molecule has 9 nitrogen and oxygen atoms in total. The SMILES string of the molecule is CCCCc1nc2c(N)nc3ccccc3c2n1CCCN(Cc1cccc(OCC(=O)OC)c1)C(=O)CCl.Cl. The van der Waals surface area contributed by atoms with E-state index in [4.69, 9.17) is 27.1 Å². The van der Waals surface area contributed by atoms with E-state index in [9.17, 15) is 9.59 Å². The molecule has 0 aliphatic carbocycles. The fraction of sp³-hybridized carbons (Fsp3) is 0.379. The van der Waals surface area contributed by atoms with Gasteiger partial charge >= 0.3 is 5.97 Å². The van der Waals surface area contributed by atoms with Gasteiger partial charge in [-0.3, -0.25) is 4.79 Å². The summed E-state index contributed by atoms with van der Waals surface area (Å²) < 4.78 is 12.4. The second-order valence-corrected chi connectivity index (χ2v) is 9.58. The Hall–Kier alpha value is -3.56. The van der Waals surface area contributed by atoms with Crippen molar-refractivity contribution in [3.8, 4) is 5.75 Å². The van der Waals surface area contributed by atoms with Crippen LogP contribution in [0.1, 0.15) is 37.6 Å². The first-order valence-electron chi connectivity index (χ1n) is 13.1. The van der Waals surface area contributed by atoms with Crippen molar-refractivity contribution < 1.29 is 19.1 Å². The van der Waals surface area contributed by atoms with Crippen LogP contribution in [0.25, 0.3) is 21.9 Å². The van der Waals surface area contributed by atoms with Crippen LogP contribution in [-0.2, 0) is 33.8 Å². The second-order valence-electron chi connectivity index (χ2n) is 9.31. The Morgan fingerprint density at radius 2 is 1.90 bits per heavy atom. The average Bonchev–Trinajstić information content (AvgIpc) is 3.33. The molecule has 0 fully saturated rings. The molecule has 4 aromatic rings. The number of benzene rings is 2. The van der Waals surface area contributed by atoms with Crippen molar-refractivity contribution >= 4 is 63.6 Å². The summed E-state index contributed by atoms with van der Waals surface area (Å²) in [6.45, 7) is 3.51. The van der Waals surface area contributed by atoms with Gasteiger partial charge in [-0.15, -0.1) is 24.0 Å².